The Morgan fingerprint density at radius 2 is 1.76 bits per heavy atom. The first-order valence-corrected chi connectivity index (χ1v) is 8.18. The molecule has 21 heavy (non-hydrogen) atoms. The van der Waals surface area contributed by atoms with Gasteiger partial charge in [-0.2, -0.15) is 0 Å². The quantitative estimate of drug-likeness (QED) is 0.548. The normalized spacial score (nSPS) is 15.1. The summed E-state index contributed by atoms with van der Waals surface area (Å²) in [6.45, 7) is 7.21. The number of carboxylic acid groups (broad SMARTS) is 1. The maximum Gasteiger partial charge on any atom is 0.327 e. The van der Waals surface area contributed by atoms with Crippen molar-refractivity contribution in [2.45, 2.75) is 45.4 Å². The van der Waals surface area contributed by atoms with Crippen LogP contribution in [-0.2, 0) is 25.2 Å². The number of carbonyl (C=O) groups excluding carboxylic acids is 2. The van der Waals surface area contributed by atoms with Crippen molar-refractivity contribution >= 4 is 28.6 Å². The first kappa shape index (κ1) is 19.6. The number of carbonyl (C=O) groups is 3. The van der Waals surface area contributed by atoms with Gasteiger partial charge in [0.1, 0.15) is 11.3 Å². The van der Waals surface area contributed by atoms with Crippen molar-refractivity contribution in [3.05, 3.63) is 0 Å². The Balaban J connectivity index is 4.44. The zero-order chi connectivity index (χ0) is 16.6. The monoisotopic (exact) mass is 320 g/mol. The third-order valence-corrected chi connectivity index (χ3v) is 4.46. The molecule has 0 saturated heterocycles. The highest BCUT2D eigenvalue weighted by atomic mass is 32.2. The first-order chi connectivity index (χ1) is 9.65. The van der Waals surface area contributed by atoms with Gasteiger partial charge in [0, 0.05) is 24.3 Å². The van der Waals surface area contributed by atoms with Gasteiger partial charge in [-0.25, -0.2) is 4.79 Å². The van der Waals surface area contributed by atoms with Crippen LogP contribution >= 0.6 is 0 Å². The van der Waals surface area contributed by atoms with E-state index in [1.807, 2.05) is 13.8 Å². The number of carboxylic acids is 1. The van der Waals surface area contributed by atoms with Crippen LogP contribution in [0.4, 0.5) is 0 Å². The largest absolute Gasteiger partial charge is 0.480 e. The highest BCUT2D eigenvalue weighted by Gasteiger charge is 2.27. The Hall–Kier alpha value is -1.44. The molecule has 0 aromatic rings. The fraction of sp³-hybridized carbons (Fsp3) is 0.769. The summed E-state index contributed by atoms with van der Waals surface area (Å²) in [5.41, 5.74) is 0. The van der Waals surface area contributed by atoms with Crippen LogP contribution in [-0.4, -0.2) is 50.7 Å². The van der Waals surface area contributed by atoms with Crippen molar-refractivity contribution in [1.82, 2.24) is 10.6 Å². The van der Waals surface area contributed by atoms with E-state index in [4.69, 9.17) is 5.11 Å². The Bertz CT molecular complexity index is 411. The molecule has 0 spiro atoms. The van der Waals surface area contributed by atoms with Crippen LogP contribution in [0, 0.1) is 5.92 Å². The van der Waals surface area contributed by atoms with Gasteiger partial charge in [-0.3, -0.25) is 13.8 Å². The summed E-state index contributed by atoms with van der Waals surface area (Å²) in [6.07, 6.45) is 0.814. The predicted octanol–water partition coefficient (Wildman–Crippen LogP) is -0.125. The molecule has 0 aromatic carbocycles. The highest BCUT2D eigenvalue weighted by Crippen LogP contribution is 2.02. The van der Waals surface area contributed by atoms with E-state index in [1.165, 1.54) is 13.8 Å². The van der Waals surface area contributed by atoms with E-state index in [1.54, 1.807) is 0 Å². The van der Waals surface area contributed by atoms with Gasteiger partial charge in [0.05, 0.1) is 5.75 Å². The molecule has 0 bridgehead atoms. The molecule has 0 saturated carbocycles. The molecule has 0 aliphatic carbocycles. The van der Waals surface area contributed by atoms with Crippen molar-refractivity contribution in [3.63, 3.8) is 0 Å². The highest BCUT2D eigenvalue weighted by molar-refractivity contribution is 7.86. The maximum atomic E-state index is 12.0. The minimum Gasteiger partial charge on any atom is -0.480 e. The van der Waals surface area contributed by atoms with Gasteiger partial charge < -0.3 is 15.7 Å². The summed E-state index contributed by atoms with van der Waals surface area (Å²) < 4.78 is 12.0. The molecule has 0 rings (SSSR count). The fourth-order valence-electron chi connectivity index (χ4n) is 1.48. The van der Waals surface area contributed by atoms with Crippen LogP contribution < -0.4 is 10.6 Å². The van der Waals surface area contributed by atoms with E-state index in [-0.39, 0.29) is 11.7 Å². The molecular formula is C13H24N2O5S. The lowest BCUT2D eigenvalue weighted by Crippen LogP contribution is -2.46. The van der Waals surface area contributed by atoms with Gasteiger partial charge in [-0.15, -0.1) is 0 Å². The summed E-state index contributed by atoms with van der Waals surface area (Å²) in [4.78, 5) is 33.7. The van der Waals surface area contributed by atoms with E-state index in [9.17, 15) is 18.6 Å². The summed E-state index contributed by atoms with van der Waals surface area (Å²) in [5, 5.41) is 13.0. The van der Waals surface area contributed by atoms with Crippen molar-refractivity contribution in [1.29, 1.82) is 0 Å². The minimum absolute atomic E-state index is 0.298. The van der Waals surface area contributed by atoms with Gasteiger partial charge in [-0.1, -0.05) is 13.8 Å². The number of hydrogen-bond acceptors (Lipinski definition) is 4. The summed E-state index contributed by atoms with van der Waals surface area (Å²) in [6, 6.07) is -1.26. The van der Waals surface area contributed by atoms with Gasteiger partial charge in [0.2, 0.25) is 11.8 Å². The Kier molecular flexibility index (Phi) is 8.84. The first-order valence-electron chi connectivity index (χ1n) is 6.80. The molecule has 3 N–H and O–H groups in total. The van der Waals surface area contributed by atoms with Crippen LogP contribution in [0.1, 0.15) is 34.1 Å². The molecule has 3 unspecified atom stereocenters. The standard InChI is InChI=1S/C13H24N2O5S/c1-8(2)5-6-14-12(17)9(3)21(20)7-11(13(18)19)15-10(4)16/h8-9,11H,5-7H2,1-4H3,(H,14,17)(H,15,16)(H,18,19). The molecule has 2 amide bonds. The van der Waals surface area contributed by atoms with Crippen molar-refractivity contribution in [3.8, 4) is 0 Å². The molecule has 8 heteroatoms. The fourth-order valence-corrected chi connectivity index (χ4v) is 2.64. The lowest BCUT2D eigenvalue weighted by atomic mass is 10.1. The molecule has 0 heterocycles. The second-order valence-electron chi connectivity index (χ2n) is 5.25. The minimum atomic E-state index is -1.68. The number of amides is 2. The number of nitrogens with one attached hydrogen (secondary N) is 2. The molecule has 122 valence electrons. The molecule has 0 fully saturated rings. The van der Waals surface area contributed by atoms with Crippen LogP contribution in [0.15, 0.2) is 0 Å². The molecular weight excluding hydrogens is 296 g/mol. The van der Waals surface area contributed by atoms with Gasteiger partial charge in [-0.05, 0) is 19.3 Å². The predicted molar refractivity (Wildman–Crippen MR) is 80.2 cm³/mol. The van der Waals surface area contributed by atoms with Crippen molar-refractivity contribution in [2.75, 3.05) is 12.3 Å². The zero-order valence-corrected chi connectivity index (χ0v) is 13.7. The Morgan fingerprint density at radius 1 is 1.19 bits per heavy atom. The van der Waals surface area contributed by atoms with Crippen LogP contribution in [0.3, 0.4) is 0 Å². The van der Waals surface area contributed by atoms with Gasteiger partial charge in [0.15, 0.2) is 0 Å². The average molecular weight is 320 g/mol. The molecule has 3 atom stereocenters. The van der Waals surface area contributed by atoms with E-state index in [0.29, 0.717) is 12.5 Å². The lowest BCUT2D eigenvalue weighted by Gasteiger charge is -2.16. The topological polar surface area (TPSA) is 113 Å². The SMILES string of the molecule is CC(=O)NC(CS(=O)C(C)C(=O)NCCC(C)C)C(=O)O. The van der Waals surface area contributed by atoms with Gasteiger partial charge in [0.25, 0.3) is 0 Å². The van der Waals surface area contributed by atoms with Crippen LogP contribution in [0.2, 0.25) is 0 Å². The van der Waals surface area contributed by atoms with Crippen LogP contribution in [0.25, 0.3) is 0 Å². The summed E-state index contributed by atoms with van der Waals surface area (Å²) in [5.74, 6) is -2.02. The van der Waals surface area contributed by atoms with Crippen LogP contribution in [0.5, 0.6) is 0 Å². The lowest BCUT2D eigenvalue weighted by molar-refractivity contribution is -0.140. The maximum absolute atomic E-state index is 12.0. The third kappa shape index (κ3) is 8.44. The molecule has 0 aliphatic heterocycles. The van der Waals surface area contributed by atoms with E-state index < -0.39 is 34.0 Å². The van der Waals surface area contributed by atoms with Gasteiger partial charge >= 0.3 is 5.97 Å². The molecule has 0 aromatic heterocycles. The smallest absolute Gasteiger partial charge is 0.327 e. The third-order valence-electron chi connectivity index (χ3n) is 2.79. The second-order valence-corrected chi connectivity index (χ2v) is 7.06. The molecule has 7 nitrogen and oxygen atoms in total. The van der Waals surface area contributed by atoms with Crippen molar-refractivity contribution < 1.29 is 23.7 Å². The van der Waals surface area contributed by atoms with E-state index in [0.717, 1.165) is 6.42 Å². The second kappa shape index (κ2) is 9.49. The number of rotatable bonds is 9. The Labute approximate surface area is 127 Å². The molecule has 0 aliphatic rings. The van der Waals surface area contributed by atoms with E-state index >= 15 is 0 Å². The number of hydrogen-bond donors (Lipinski definition) is 3. The van der Waals surface area contributed by atoms with Crippen molar-refractivity contribution in [2.24, 2.45) is 5.92 Å². The van der Waals surface area contributed by atoms with E-state index in [2.05, 4.69) is 10.6 Å². The number of aliphatic carboxylic acids is 1. The summed E-state index contributed by atoms with van der Waals surface area (Å²) in [7, 11) is -1.68. The summed E-state index contributed by atoms with van der Waals surface area (Å²) >= 11 is 0. The average Bonchev–Trinajstić information content (AvgIpc) is 2.35. The Morgan fingerprint density at radius 3 is 2.19 bits per heavy atom. The zero-order valence-electron chi connectivity index (χ0n) is 12.8. The molecule has 0 radical (unpaired) electrons.